The number of aliphatic hydroxyl groups is 2. The smallest absolute Gasteiger partial charge is 0.176 e. The summed E-state index contributed by atoms with van der Waals surface area (Å²) < 4.78 is 12.3. The fourth-order valence-corrected chi connectivity index (χ4v) is 4.40. The van der Waals surface area contributed by atoms with Gasteiger partial charge in [-0.25, -0.2) is 0 Å². The van der Waals surface area contributed by atoms with Crippen molar-refractivity contribution in [1.82, 2.24) is 9.80 Å². The van der Waals surface area contributed by atoms with E-state index < -0.39 is 30.6 Å². The summed E-state index contributed by atoms with van der Waals surface area (Å²) in [6.07, 6.45) is -1.59. The number of likely N-dealkylation sites (N-methyl/N-ethyl adjacent to an activating group) is 2. The van der Waals surface area contributed by atoms with Crippen LogP contribution in [0.5, 0.6) is 0 Å². The second-order valence-corrected chi connectivity index (χ2v) is 8.50. The summed E-state index contributed by atoms with van der Waals surface area (Å²) in [5, 5.41) is 22.3. The van der Waals surface area contributed by atoms with Crippen molar-refractivity contribution in [2.45, 2.75) is 57.6 Å². The molecule has 0 amide bonds. The molecule has 0 spiro atoms. The molecule has 1 fully saturated rings. The van der Waals surface area contributed by atoms with Gasteiger partial charge in [0.2, 0.25) is 0 Å². The lowest BCUT2D eigenvalue weighted by Crippen LogP contribution is -2.65. The largest absolute Gasteiger partial charge is 0.388 e. The fourth-order valence-electron chi connectivity index (χ4n) is 4.40. The average Bonchev–Trinajstić information content (AvgIpc) is 2.85. The Morgan fingerprint density at radius 1 is 0.909 bits per heavy atom. The average molecular weight is 455 g/mol. The molecule has 180 valence electrons. The minimum absolute atomic E-state index is 0.307. The van der Waals surface area contributed by atoms with Crippen LogP contribution < -0.4 is 0 Å². The fraction of sp³-hybridized carbons (Fsp3) is 0.481. The zero-order chi connectivity index (χ0) is 23.6. The molecule has 1 aliphatic rings. The lowest BCUT2D eigenvalue weighted by molar-refractivity contribution is -0.282. The second-order valence-electron chi connectivity index (χ2n) is 8.50. The van der Waals surface area contributed by atoms with Gasteiger partial charge in [0, 0.05) is 19.6 Å². The first-order valence-corrected chi connectivity index (χ1v) is 11.9. The number of aliphatic hydroxyl groups excluding tert-OH is 2. The third kappa shape index (κ3) is 6.96. The van der Waals surface area contributed by atoms with Crippen molar-refractivity contribution in [3.05, 3.63) is 84.4 Å². The van der Waals surface area contributed by atoms with Gasteiger partial charge >= 0.3 is 0 Å². The lowest BCUT2D eigenvalue weighted by atomic mass is 9.94. The Hall–Kier alpha value is -2.06. The van der Waals surface area contributed by atoms with Gasteiger partial charge in [0.05, 0.1) is 12.6 Å². The minimum atomic E-state index is -1.02. The highest BCUT2D eigenvalue weighted by atomic mass is 16.7. The summed E-state index contributed by atoms with van der Waals surface area (Å²) in [5.41, 5.74) is 2.33. The summed E-state index contributed by atoms with van der Waals surface area (Å²) in [6.45, 7) is 11.5. The highest BCUT2D eigenvalue weighted by Crippen LogP contribution is 2.28. The maximum absolute atomic E-state index is 11.2. The van der Waals surface area contributed by atoms with E-state index in [1.54, 1.807) is 6.08 Å². The molecule has 2 aromatic rings. The molecular formula is C27H38N2O4. The standard InChI is InChI=1S/C27H38N2O4/c1-4-17-32-27-24(29(6-3)19-22-15-11-8-12-16-22)26(31)25(30)23(33-27)20-28(5-2)18-21-13-9-7-10-14-21/h4,7-16,23-27,30-31H,1,5-6,17-20H2,2-3H3/t23-,24-,25-,26-,27+/m1/s1. The first-order valence-electron chi connectivity index (χ1n) is 11.9. The van der Waals surface area contributed by atoms with Crippen molar-refractivity contribution in [3.63, 3.8) is 0 Å². The maximum atomic E-state index is 11.2. The van der Waals surface area contributed by atoms with E-state index in [-0.39, 0.29) is 0 Å². The first kappa shape index (κ1) is 25.6. The summed E-state index contributed by atoms with van der Waals surface area (Å²) in [5.74, 6) is 0. The molecule has 5 atom stereocenters. The summed E-state index contributed by atoms with van der Waals surface area (Å²) in [4.78, 5) is 4.32. The van der Waals surface area contributed by atoms with E-state index in [0.29, 0.717) is 26.2 Å². The van der Waals surface area contributed by atoms with Crippen LogP contribution in [0.3, 0.4) is 0 Å². The third-order valence-corrected chi connectivity index (χ3v) is 6.24. The van der Waals surface area contributed by atoms with Crippen LogP contribution in [-0.2, 0) is 22.6 Å². The molecule has 1 saturated heterocycles. The van der Waals surface area contributed by atoms with Gasteiger partial charge < -0.3 is 19.7 Å². The van der Waals surface area contributed by atoms with Crippen LogP contribution in [0.2, 0.25) is 0 Å². The number of nitrogens with zero attached hydrogens (tertiary/aromatic N) is 2. The van der Waals surface area contributed by atoms with E-state index in [1.807, 2.05) is 43.3 Å². The number of benzene rings is 2. The normalized spacial score (nSPS) is 25.5. The molecule has 2 aromatic carbocycles. The molecule has 3 rings (SSSR count). The molecule has 6 nitrogen and oxygen atoms in total. The highest BCUT2D eigenvalue weighted by Gasteiger charge is 2.47. The summed E-state index contributed by atoms with van der Waals surface area (Å²) >= 11 is 0. The van der Waals surface area contributed by atoms with Crippen molar-refractivity contribution >= 4 is 0 Å². The minimum Gasteiger partial charge on any atom is -0.388 e. The van der Waals surface area contributed by atoms with Crippen LogP contribution in [0.1, 0.15) is 25.0 Å². The maximum Gasteiger partial charge on any atom is 0.176 e. The van der Waals surface area contributed by atoms with E-state index in [9.17, 15) is 10.2 Å². The van der Waals surface area contributed by atoms with E-state index in [2.05, 4.69) is 47.6 Å². The Balaban J connectivity index is 1.75. The van der Waals surface area contributed by atoms with Gasteiger partial charge in [-0.3, -0.25) is 9.80 Å². The van der Waals surface area contributed by atoms with E-state index in [1.165, 1.54) is 5.56 Å². The van der Waals surface area contributed by atoms with Gasteiger partial charge in [0.1, 0.15) is 18.3 Å². The van der Waals surface area contributed by atoms with Crippen molar-refractivity contribution in [2.24, 2.45) is 0 Å². The first-order chi connectivity index (χ1) is 16.1. The van der Waals surface area contributed by atoms with Crippen molar-refractivity contribution in [2.75, 3.05) is 26.2 Å². The van der Waals surface area contributed by atoms with E-state index >= 15 is 0 Å². The molecular weight excluding hydrogens is 416 g/mol. The lowest BCUT2D eigenvalue weighted by Gasteiger charge is -2.47. The van der Waals surface area contributed by atoms with Crippen LogP contribution in [0, 0.1) is 0 Å². The second kappa shape index (κ2) is 13.0. The van der Waals surface area contributed by atoms with Gasteiger partial charge in [-0.1, -0.05) is 80.6 Å². The molecule has 0 bridgehead atoms. The predicted octanol–water partition coefficient (Wildman–Crippen LogP) is 3.05. The Labute approximate surface area is 198 Å². The van der Waals surface area contributed by atoms with E-state index in [0.717, 1.165) is 18.7 Å². The molecule has 6 heteroatoms. The Kier molecular flexibility index (Phi) is 10.1. The topological polar surface area (TPSA) is 65.4 Å². The Morgan fingerprint density at radius 2 is 1.52 bits per heavy atom. The van der Waals surface area contributed by atoms with Crippen molar-refractivity contribution in [3.8, 4) is 0 Å². The van der Waals surface area contributed by atoms with Crippen LogP contribution in [0.4, 0.5) is 0 Å². The van der Waals surface area contributed by atoms with E-state index in [4.69, 9.17) is 9.47 Å². The molecule has 2 N–H and O–H groups in total. The molecule has 0 saturated carbocycles. The monoisotopic (exact) mass is 454 g/mol. The quantitative estimate of drug-likeness (QED) is 0.481. The molecule has 1 heterocycles. The molecule has 0 aliphatic carbocycles. The van der Waals surface area contributed by atoms with Crippen LogP contribution in [0.15, 0.2) is 73.3 Å². The molecule has 33 heavy (non-hydrogen) atoms. The number of ether oxygens (including phenoxy) is 2. The number of hydrogen-bond donors (Lipinski definition) is 2. The van der Waals surface area contributed by atoms with Gasteiger partial charge in [-0.15, -0.1) is 6.58 Å². The van der Waals surface area contributed by atoms with Crippen LogP contribution >= 0.6 is 0 Å². The number of rotatable bonds is 12. The van der Waals surface area contributed by atoms with Crippen LogP contribution in [0.25, 0.3) is 0 Å². The van der Waals surface area contributed by atoms with Gasteiger partial charge in [0.25, 0.3) is 0 Å². The predicted molar refractivity (Wildman–Crippen MR) is 131 cm³/mol. The number of hydrogen-bond acceptors (Lipinski definition) is 6. The highest BCUT2D eigenvalue weighted by molar-refractivity contribution is 5.16. The Bertz CT molecular complexity index is 817. The summed E-state index contributed by atoms with van der Waals surface area (Å²) in [7, 11) is 0. The van der Waals surface area contributed by atoms with Gasteiger partial charge in [-0.2, -0.15) is 0 Å². The SMILES string of the molecule is C=CCO[C@H]1O[C@H](CN(CC)Cc2ccccc2)[C@@H](O)[C@H](O)[C@H]1N(CC)Cc1ccccc1. The van der Waals surface area contributed by atoms with Crippen molar-refractivity contribution in [1.29, 1.82) is 0 Å². The zero-order valence-electron chi connectivity index (χ0n) is 19.8. The molecule has 0 aromatic heterocycles. The van der Waals surface area contributed by atoms with Crippen molar-refractivity contribution < 1.29 is 19.7 Å². The molecule has 0 radical (unpaired) electrons. The van der Waals surface area contributed by atoms with Gasteiger partial charge in [-0.05, 0) is 24.2 Å². The van der Waals surface area contributed by atoms with Gasteiger partial charge in [0.15, 0.2) is 6.29 Å². The van der Waals surface area contributed by atoms with Crippen LogP contribution in [-0.4, -0.2) is 76.9 Å². The third-order valence-electron chi connectivity index (χ3n) is 6.24. The molecule has 0 unspecified atom stereocenters. The zero-order valence-corrected chi connectivity index (χ0v) is 19.8. The molecule has 1 aliphatic heterocycles. The summed E-state index contributed by atoms with van der Waals surface area (Å²) in [6, 6.07) is 19.8. The Morgan fingerprint density at radius 3 is 2.06 bits per heavy atom.